The van der Waals surface area contributed by atoms with Crippen LogP contribution < -0.4 is 16.2 Å². The van der Waals surface area contributed by atoms with E-state index in [-0.39, 0.29) is 6.04 Å². The number of anilines is 1. The third kappa shape index (κ3) is 1.06. The highest BCUT2D eigenvalue weighted by molar-refractivity contribution is 14.1. The van der Waals surface area contributed by atoms with Crippen LogP contribution in [0.15, 0.2) is 12.1 Å². The molecular weight excluding hydrogens is 267 g/mol. The molecule has 1 aliphatic rings. The van der Waals surface area contributed by atoms with Gasteiger partial charge in [-0.05, 0) is 34.7 Å². The number of ether oxygens (including phenoxy) is 1. The van der Waals surface area contributed by atoms with Gasteiger partial charge >= 0.3 is 0 Å². The molecule has 0 amide bonds. The molecule has 4 heteroatoms. The summed E-state index contributed by atoms with van der Waals surface area (Å²) < 4.78 is 6.48. The molecule has 1 heterocycles. The Hall–Kier alpha value is -0.490. The van der Waals surface area contributed by atoms with Gasteiger partial charge in [0.25, 0.3) is 0 Å². The standard InChI is InChI=1S/C8H9IN2O/c9-4-1-2-5(10)7-6(11)3-12-8(4)7/h1-2,6H,3,10-11H2/t6-/m1/s1. The maximum absolute atomic E-state index is 5.81. The highest BCUT2D eigenvalue weighted by Gasteiger charge is 2.24. The first-order chi connectivity index (χ1) is 5.70. The Bertz CT molecular complexity index is 327. The molecule has 1 aromatic carbocycles. The summed E-state index contributed by atoms with van der Waals surface area (Å²) in [5.74, 6) is 0.864. The van der Waals surface area contributed by atoms with Crippen molar-refractivity contribution in [2.45, 2.75) is 6.04 Å². The second kappa shape index (κ2) is 2.77. The number of hydrogen-bond acceptors (Lipinski definition) is 3. The lowest BCUT2D eigenvalue weighted by Crippen LogP contribution is -2.12. The Kier molecular flexibility index (Phi) is 1.88. The molecule has 0 saturated heterocycles. The molecule has 0 radical (unpaired) electrons. The van der Waals surface area contributed by atoms with Crippen molar-refractivity contribution in [2.24, 2.45) is 5.73 Å². The number of halogens is 1. The van der Waals surface area contributed by atoms with Crippen LogP contribution in [0.1, 0.15) is 11.6 Å². The molecule has 0 fully saturated rings. The monoisotopic (exact) mass is 276 g/mol. The van der Waals surface area contributed by atoms with E-state index >= 15 is 0 Å². The van der Waals surface area contributed by atoms with Crippen molar-refractivity contribution in [3.05, 3.63) is 21.3 Å². The molecule has 3 nitrogen and oxygen atoms in total. The van der Waals surface area contributed by atoms with Gasteiger partial charge in [0.2, 0.25) is 0 Å². The van der Waals surface area contributed by atoms with Crippen molar-refractivity contribution < 1.29 is 4.74 Å². The molecule has 1 atom stereocenters. The van der Waals surface area contributed by atoms with Gasteiger partial charge in [-0.15, -0.1) is 0 Å². The molecule has 2 rings (SSSR count). The molecule has 0 spiro atoms. The second-order valence-electron chi connectivity index (χ2n) is 2.80. The number of nitrogens with two attached hydrogens (primary N) is 2. The van der Waals surface area contributed by atoms with Gasteiger partial charge in [-0.2, -0.15) is 0 Å². The molecule has 64 valence electrons. The van der Waals surface area contributed by atoms with E-state index in [0.717, 1.165) is 20.6 Å². The van der Waals surface area contributed by atoms with Crippen molar-refractivity contribution >= 4 is 28.3 Å². The third-order valence-electron chi connectivity index (χ3n) is 1.96. The Morgan fingerprint density at radius 1 is 1.50 bits per heavy atom. The molecule has 1 aliphatic heterocycles. The van der Waals surface area contributed by atoms with Crippen molar-refractivity contribution in [2.75, 3.05) is 12.3 Å². The van der Waals surface area contributed by atoms with Crippen LogP contribution in [0.3, 0.4) is 0 Å². The van der Waals surface area contributed by atoms with Gasteiger partial charge in [-0.1, -0.05) is 0 Å². The van der Waals surface area contributed by atoms with E-state index in [1.54, 1.807) is 0 Å². The van der Waals surface area contributed by atoms with Crippen LogP contribution in [0.25, 0.3) is 0 Å². The zero-order chi connectivity index (χ0) is 8.72. The number of benzene rings is 1. The van der Waals surface area contributed by atoms with Gasteiger partial charge in [0, 0.05) is 11.3 Å². The molecular formula is C8H9IN2O. The fourth-order valence-electron chi connectivity index (χ4n) is 1.37. The first-order valence-corrected chi connectivity index (χ1v) is 4.74. The van der Waals surface area contributed by atoms with Gasteiger partial charge < -0.3 is 16.2 Å². The molecule has 4 N–H and O–H groups in total. The van der Waals surface area contributed by atoms with Crippen molar-refractivity contribution in [1.29, 1.82) is 0 Å². The minimum Gasteiger partial charge on any atom is -0.490 e. The fraction of sp³-hybridized carbons (Fsp3) is 0.250. The van der Waals surface area contributed by atoms with Crippen LogP contribution in [0.2, 0.25) is 0 Å². The van der Waals surface area contributed by atoms with Crippen LogP contribution in [-0.2, 0) is 0 Å². The maximum Gasteiger partial charge on any atom is 0.139 e. The first kappa shape index (κ1) is 8.12. The van der Waals surface area contributed by atoms with Crippen LogP contribution in [0, 0.1) is 3.57 Å². The van der Waals surface area contributed by atoms with Gasteiger partial charge in [0.15, 0.2) is 0 Å². The van der Waals surface area contributed by atoms with Gasteiger partial charge in [0.05, 0.1) is 9.61 Å². The quantitative estimate of drug-likeness (QED) is 0.554. The lowest BCUT2D eigenvalue weighted by Gasteiger charge is -2.05. The number of rotatable bonds is 0. The largest absolute Gasteiger partial charge is 0.490 e. The zero-order valence-electron chi connectivity index (χ0n) is 6.38. The average Bonchev–Trinajstić information content (AvgIpc) is 2.42. The van der Waals surface area contributed by atoms with E-state index in [2.05, 4.69) is 22.6 Å². The van der Waals surface area contributed by atoms with Gasteiger partial charge in [-0.25, -0.2) is 0 Å². The molecule has 1 aromatic rings. The smallest absolute Gasteiger partial charge is 0.139 e. The van der Waals surface area contributed by atoms with E-state index < -0.39 is 0 Å². The highest BCUT2D eigenvalue weighted by atomic mass is 127. The Labute approximate surface area is 84.2 Å². The maximum atomic E-state index is 5.81. The predicted octanol–water partition coefficient (Wildman–Crippen LogP) is 1.27. The molecule has 0 aromatic heterocycles. The number of fused-ring (bicyclic) bond motifs is 1. The van der Waals surface area contributed by atoms with Crippen molar-refractivity contribution in [3.63, 3.8) is 0 Å². The Balaban J connectivity index is 2.64. The van der Waals surface area contributed by atoms with E-state index in [9.17, 15) is 0 Å². The van der Waals surface area contributed by atoms with Crippen molar-refractivity contribution in [3.8, 4) is 5.75 Å². The summed E-state index contributed by atoms with van der Waals surface area (Å²) in [6.07, 6.45) is 0. The van der Waals surface area contributed by atoms with Crippen molar-refractivity contribution in [1.82, 2.24) is 0 Å². The normalized spacial score (nSPS) is 20.3. The molecule has 0 aliphatic carbocycles. The summed E-state index contributed by atoms with van der Waals surface area (Å²) in [6.45, 7) is 0.541. The summed E-state index contributed by atoms with van der Waals surface area (Å²) in [5.41, 5.74) is 13.3. The highest BCUT2D eigenvalue weighted by Crippen LogP contribution is 2.38. The number of hydrogen-bond donors (Lipinski definition) is 2. The Morgan fingerprint density at radius 2 is 2.25 bits per heavy atom. The lowest BCUT2D eigenvalue weighted by molar-refractivity contribution is 0.331. The molecule has 12 heavy (non-hydrogen) atoms. The third-order valence-corrected chi connectivity index (χ3v) is 2.81. The summed E-state index contributed by atoms with van der Waals surface area (Å²) >= 11 is 2.22. The minimum atomic E-state index is -0.0604. The summed E-state index contributed by atoms with van der Waals surface area (Å²) in [5, 5.41) is 0. The van der Waals surface area contributed by atoms with E-state index in [1.807, 2.05) is 12.1 Å². The Morgan fingerprint density at radius 3 is 2.92 bits per heavy atom. The average molecular weight is 276 g/mol. The topological polar surface area (TPSA) is 61.3 Å². The van der Waals surface area contributed by atoms with Gasteiger partial charge in [0.1, 0.15) is 12.4 Å². The molecule has 0 unspecified atom stereocenters. The van der Waals surface area contributed by atoms with Crippen LogP contribution in [0.5, 0.6) is 5.75 Å². The van der Waals surface area contributed by atoms with Crippen LogP contribution in [0.4, 0.5) is 5.69 Å². The molecule has 0 bridgehead atoms. The first-order valence-electron chi connectivity index (χ1n) is 3.66. The number of nitrogen functional groups attached to an aromatic ring is 1. The SMILES string of the molecule is Nc1ccc(I)c2c1[C@H](N)CO2. The van der Waals surface area contributed by atoms with E-state index in [4.69, 9.17) is 16.2 Å². The van der Waals surface area contributed by atoms with E-state index in [1.165, 1.54) is 0 Å². The lowest BCUT2D eigenvalue weighted by atomic mass is 10.1. The van der Waals surface area contributed by atoms with Crippen LogP contribution in [-0.4, -0.2) is 6.61 Å². The van der Waals surface area contributed by atoms with Gasteiger partial charge in [-0.3, -0.25) is 0 Å². The van der Waals surface area contributed by atoms with Crippen LogP contribution >= 0.6 is 22.6 Å². The minimum absolute atomic E-state index is 0.0604. The summed E-state index contributed by atoms with van der Waals surface area (Å²) in [6, 6.07) is 3.75. The van der Waals surface area contributed by atoms with E-state index in [0.29, 0.717) is 6.61 Å². The summed E-state index contributed by atoms with van der Waals surface area (Å²) in [4.78, 5) is 0. The fourth-order valence-corrected chi connectivity index (χ4v) is 2.00. The predicted molar refractivity (Wildman–Crippen MR) is 56.0 cm³/mol. The second-order valence-corrected chi connectivity index (χ2v) is 3.96. The zero-order valence-corrected chi connectivity index (χ0v) is 8.54. The summed E-state index contributed by atoms with van der Waals surface area (Å²) in [7, 11) is 0. The molecule has 0 saturated carbocycles.